The van der Waals surface area contributed by atoms with Crippen LogP contribution in [-0.4, -0.2) is 4.98 Å². The molecule has 0 spiro atoms. The average molecular weight is 126 g/mol. The molecule has 0 aromatic carbocycles. The van der Waals surface area contributed by atoms with Crippen LogP contribution < -0.4 is 9.44 Å². The first-order valence-corrected chi connectivity index (χ1v) is 3.05. The second kappa shape index (κ2) is 1.35. The summed E-state index contributed by atoms with van der Waals surface area (Å²) in [6, 6.07) is 0. The van der Waals surface area contributed by atoms with Crippen LogP contribution in [0.1, 0.15) is 0 Å². The predicted molar refractivity (Wildman–Crippen MR) is 34.5 cm³/mol. The summed E-state index contributed by atoms with van der Waals surface area (Å²) in [5.74, 6) is 0. The van der Waals surface area contributed by atoms with E-state index >= 15 is 0 Å². The second-order valence-electron chi connectivity index (χ2n) is 1.51. The Morgan fingerprint density at radius 1 is 1.50 bits per heavy atom. The quantitative estimate of drug-likeness (QED) is 0.458. The molecule has 1 aromatic heterocycles. The van der Waals surface area contributed by atoms with E-state index in [1.165, 1.54) is 12.1 Å². The van der Waals surface area contributed by atoms with Crippen molar-refractivity contribution in [2.24, 2.45) is 0 Å². The van der Waals surface area contributed by atoms with Gasteiger partial charge in [0, 0.05) is 6.20 Å². The summed E-state index contributed by atoms with van der Waals surface area (Å²) in [6.45, 7) is 0. The highest BCUT2D eigenvalue weighted by atomic mass is 32.2. The maximum Gasteiger partial charge on any atom is 0.0973 e. The fourth-order valence-electron chi connectivity index (χ4n) is 0.612. The third-order valence-corrected chi connectivity index (χ3v) is 1.63. The van der Waals surface area contributed by atoms with Crippen molar-refractivity contribution < 1.29 is 0 Å². The van der Waals surface area contributed by atoms with E-state index in [2.05, 4.69) is 20.6 Å². The van der Waals surface area contributed by atoms with Crippen LogP contribution in [0, 0.1) is 6.20 Å². The number of H-pyrrole nitrogens is 1. The number of aromatic nitrogens is 1. The molecule has 2 rings (SSSR count). The maximum atomic E-state index is 3.02. The molecule has 0 atom stereocenters. The molecular formula is C4H4N3S. The smallest absolute Gasteiger partial charge is 0.0973 e. The lowest BCUT2D eigenvalue weighted by atomic mass is 10.5. The van der Waals surface area contributed by atoms with Crippen molar-refractivity contribution in [2.75, 3.05) is 9.44 Å². The second-order valence-corrected chi connectivity index (χ2v) is 2.12. The lowest BCUT2D eigenvalue weighted by molar-refractivity contribution is 1.40. The fourth-order valence-corrected chi connectivity index (χ4v) is 1.20. The van der Waals surface area contributed by atoms with E-state index < -0.39 is 0 Å². The number of rotatable bonds is 0. The first kappa shape index (κ1) is 4.14. The zero-order chi connectivity index (χ0) is 5.40. The molecule has 0 saturated heterocycles. The SMILES string of the molecule is [c]1[nH]cc2c1NSN2. The van der Waals surface area contributed by atoms with Crippen LogP contribution in [0.4, 0.5) is 11.4 Å². The summed E-state index contributed by atoms with van der Waals surface area (Å²) in [5.41, 5.74) is 2.09. The molecule has 4 heteroatoms. The van der Waals surface area contributed by atoms with Crippen molar-refractivity contribution in [2.45, 2.75) is 0 Å². The Labute approximate surface area is 51.1 Å². The van der Waals surface area contributed by atoms with E-state index in [0.717, 1.165) is 11.4 Å². The zero-order valence-corrected chi connectivity index (χ0v) is 4.80. The molecule has 1 aliphatic heterocycles. The molecule has 0 unspecified atom stereocenters. The van der Waals surface area contributed by atoms with Gasteiger partial charge in [0.25, 0.3) is 0 Å². The normalized spacial score (nSPS) is 14.5. The van der Waals surface area contributed by atoms with Gasteiger partial charge in [0.05, 0.1) is 29.7 Å². The van der Waals surface area contributed by atoms with Crippen molar-refractivity contribution >= 4 is 23.5 Å². The van der Waals surface area contributed by atoms with Gasteiger partial charge in [-0.05, 0) is 0 Å². The van der Waals surface area contributed by atoms with Crippen molar-refractivity contribution in [3.05, 3.63) is 12.4 Å². The standard InChI is InChI=1S/C4H4N3S/c1-3-4(2-5-1)7-8-6-3/h1,5-7H. The first-order valence-electron chi connectivity index (χ1n) is 2.24. The highest BCUT2D eigenvalue weighted by molar-refractivity contribution is 8.02. The minimum Gasteiger partial charge on any atom is -0.356 e. The number of anilines is 2. The van der Waals surface area contributed by atoms with E-state index in [-0.39, 0.29) is 0 Å². The highest BCUT2D eigenvalue weighted by Crippen LogP contribution is 2.30. The Morgan fingerprint density at radius 2 is 2.50 bits per heavy atom. The van der Waals surface area contributed by atoms with E-state index in [1.54, 1.807) is 0 Å². The lowest BCUT2D eigenvalue weighted by Crippen LogP contribution is -1.77. The third kappa shape index (κ3) is 0.403. The van der Waals surface area contributed by atoms with Gasteiger partial charge in [-0.25, -0.2) is 0 Å². The highest BCUT2D eigenvalue weighted by Gasteiger charge is 2.08. The van der Waals surface area contributed by atoms with Gasteiger partial charge >= 0.3 is 0 Å². The van der Waals surface area contributed by atoms with Crippen LogP contribution in [0.3, 0.4) is 0 Å². The van der Waals surface area contributed by atoms with Crippen molar-refractivity contribution in [1.82, 2.24) is 4.98 Å². The van der Waals surface area contributed by atoms with Gasteiger partial charge in [0.15, 0.2) is 0 Å². The minimum atomic E-state index is 1.01. The van der Waals surface area contributed by atoms with Crippen LogP contribution >= 0.6 is 12.1 Å². The molecule has 3 nitrogen and oxygen atoms in total. The van der Waals surface area contributed by atoms with Crippen molar-refractivity contribution in [3.8, 4) is 0 Å². The average Bonchev–Trinajstić information content (AvgIpc) is 2.15. The molecule has 3 N–H and O–H groups in total. The summed E-state index contributed by atoms with van der Waals surface area (Å²) in [4.78, 5) is 2.84. The van der Waals surface area contributed by atoms with Gasteiger partial charge in [-0.3, -0.25) is 0 Å². The topological polar surface area (TPSA) is 39.9 Å². The molecule has 2 heterocycles. The Hall–Kier alpha value is -0.770. The van der Waals surface area contributed by atoms with Gasteiger partial charge in [-0.1, -0.05) is 0 Å². The number of aromatic amines is 1. The van der Waals surface area contributed by atoms with Crippen LogP contribution in [0.25, 0.3) is 0 Å². The summed E-state index contributed by atoms with van der Waals surface area (Å²) in [5, 5.41) is 0. The van der Waals surface area contributed by atoms with E-state index in [0.29, 0.717) is 0 Å². The zero-order valence-electron chi connectivity index (χ0n) is 3.99. The van der Waals surface area contributed by atoms with E-state index in [4.69, 9.17) is 0 Å². The molecule has 8 heavy (non-hydrogen) atoms. The van der Waals surface area contributed by atoms with Crippen LogP contribution in [0.2, 0.25) is 0 Å². The Balaban J connectivity index is 2.54. The Kier molecular flexibility index (Phi) is 0.700. The minimum absolute atomic E-state index is 1.01. The molecule has 41 valence electrons. The molecular weight excluding hydrogens is 122 g/mol. The van der Waals surface area contributed by atoms with Crippen molar-refractivity contribution in [3.63, 3.8) is 0 Å². The molecule has 0 fully saturated rings. The number of fused-ring (bicyclic) bond motifs is 1. The molecule has 0 amide bonds. The molecule has 0 bridgehead atoms. The Bertz CT molecular complexity index is 176. The number of hydrogen-bond acceptors (Lipinski definition) is 3. The molecule has 1 aliphatic rings. The summed E-state index contributed by atoms with van der Waals surface area (Å²) in [6.07, 6.45) is 4.76. The largest absolute Gasteiger partial charge is 0.356 e. The number of nitrogens with one attached hydrogen (secondary N) is 3. The summed E-state index contributed by atoms with van der Waals surface area (Å²) in [7, 11) is 0. The summed E-state index contributed by atoms with van der Waals surface area (Å²) >= 11 is 1.46. The predicted octanol–water partition coefficient (Wildman–Crippen LogP) is 1.22. The van der Waals surface area contributed by atoms with Gasteiger partial charge in [0.1, 0.15) is 0 Å². The Morgan fingerprint density at radius 3 is 3.38 bits per heavy atom. The van der Waals surface area contributed by atoms with E-state index in [1.807, 2.05) is 6.20 Å². The molecule has 1 aromatic rings. The summed E-state index contributed by atoms with van der Waals surface area (Å²) < 4.78 is 6.02. The molecule has 0 aliphatic carbocycles. The van der Waals surface area contributed by atoms with Gasteiger partial charge < -0.3 is 14.4 Å². The third-order valence-electron chi connectivity index (χ3n) is 0.997. The van der Waals surface area contributed by atoms with Crippen molar-refractivity contribution in [1.29, 1.82) is 0 Å². The lowest BCUT2D eigenvalue weighted by Gasteiger charge is -1.84. The first-order chi connectivity index (χ1) is 3.97. The maximum absolute atomic E-state index is 3.02. The van der Waals surface area contributed by atoms with Gasteiger partial charge in [-0.15, -0.1) is 0 Å². The monoisotopic (exact) mass is 126 g/mol. The molecule has 1 radical (unpaired) electrons. The van der Waals surface area contributed by atoms with Gasteiger partial charge in [-0.2, -0.15) is 0 Å². The molecule has 0 saturated carbocycles. The van der Waals surface area contributed by atoms with Crippen LogP contribution in [0.5, 0.6) is 0 Å². The van der Waals surface area contributed by atoms with Crippen LogP contribution in [-0.2, 0) is 0 Å². The van der Waals surface area contributed by atoms with Crippen LogP contribution in [0.15, 0.2) is 6.20 Å². The fraction of sp³-hybridized carbons (Fsp3) is 0. The van der Waals surface area contributed by atoms with Gasteiger partial charge in [0.2, 0.25) is 0 Å². The number of hydrogen-bond donors (Lipinski definition) is 3. The van der Waals surface area contributed by atoms with E-state index in [9.17, 15) is 0 Å².